The van der Waals surface area contributed by atoms with Gasteiger partial charge >= 0.3 is 34.1 Å². The van der Waals surface area contributed by atoms with Gasteiger partial charge in [-0.3, -0.25) is 18.3 Å². The first kappa shape index (κ1) is 36.2. The third-order valence-electron chi connectivity index (χ3n) is 0. The molecule has 0 fully saturated rings. The van der Waals surface area contributed by atoms with Gasteiger partial charge < -0.3 is 19.6 Å². The zero-order valence-corrected chi connectivity index (χ0v) is 11.5. The Morgan fingerprint density at radius 2 is 0.500 bits per heavy atom. The van der Waals surface area contributed by atoms with Gasteiger partial charge in [-0.25, -0.2) is 0 Å². The van der Waals surface area contributed by atoms with E-state index < -0.39 is 34.7 Å². The van der Waals surface area contributed by atoms with E-state index in [4.69, 9.17) is 37.8 Å². The molecule has 0 bridgehead atoms. The van der Waals surface area contributed by atoms with E-state index in [0.29, 0.717) is 0 Å². The molecule has 0 aliphatic heterocycles. The van der Waals surface area contributed by atoms with E-state index in [9.17, 15) is 0 Å². The second-order valence-electron chi connectivity index (χ2n) is 0.298. The van der Waals surface area contributed by atoms with Gasteiger partial charge in [-0.1, -0.05) is 0 Å². The van der Waals surface area contributed by atoms with Crippen LogP contribution >= 0.6 is 34.7 Å². The summed E-state index contributed by atoms with van der Waals surface area (Å²) in [6, 6.07) is 0. The third kappa shape index (κ3) is 1220. The maximum Gasteiger partial charge on any atom is 2.00 e. The van der Waals surface area contributed by atoms with Crippen LogP contribution in [-0.2, 0) is 52.4 Å². The van der Waals surface area contributed by atoms with Gasteiger partial charge in [0.2, 0.25) is 0 Å². The van der Waals surface area contributed by atoms with E-state index in [1.54, 1.807) is 0 Å². The minimum absolute atomic E-state index is 0. The van der Waals surface area contributed by atoms with Gasteiger partial charge in [0.25, 0.3) is 0 Å². The summed E-state index contributed by atoms with van der Waals surface area (Å²) in [4.78, 5) is 33.4. The Hall–Kier alpha value is 1.28. The molecule has 0 heterocycles. The minimum Gasteiger partial charge on any atom is -0.772 e. The van der Waals surface area contributed by atoms with E-state index in [1.165, 1.54) is 0 Å². The molecular formula is Fe2O8P4. The smallest absolute Gasteiger partial charge is 0.772 e. The van der Waals surface area contributed by atoms with Crippen LogP contribution in [0.5, 0.6) is 0 Å². The van der Waals surface area contributed by atoms with Crippen LogP contribution in [0.15, 0.2) is 0 Å². The molecule has 0 N–H and O–H groups in total. The number of rotatable bonds is 0. The summed E-state index contributed by atoms with van der Waals surface area (Å²) in [7, 11) is -4.33. The van der Waals surface area contributed by atoms with Crippen molar-refractivity contribution in [3.8, 4) is 0 Å². The van der Waals surface area contributed by atoms with Crippen LogP contribution < -0.4 is 19.6 Å². The third-order valence-corrected chi connectivity index (χ3v) is 0. The molecule has 14 heavy (non-hydrogen) atoms. The quantitative estimate of drug-likeness (QED) is 0.360. The Morgan fingerprint density at radius 1 is 0.500 bits per heavy atom. The van der Waals surface area contributed by atoms with Crippen LogP contribution in [0, 0.1) is 0 Å². The van der Waals surface area contributed by atoms with E-state index >= 15 is 0 Å². The second-order valence-corrected chi connectivity index (χ2v) is 0.894. The molecule has 0 spiro atoms. The molecular weight excluding hydrogens is 364 g/mol. The average Bonchev–Trinajstić information content (AvgIpc) is 1.92. The van der Waals surface area contributed by atoms with Crippen molar-refractivity contribution >= 4 is 34.7 Å². The summed E-state index contributed by atoms with van der Waals surface area (Å²) in [6.45, 7) is 0. The van der Waals surface area contributed by atoms with Crippen LogP contribution in [0.2, 0.25) is 0 Å². The molecule has 0 saturated carbocycles. The van der Waals surface area contributed by atoms with Crippen LogP contribution in [0.1, 0.15) is 0 Å². The minimum atomic E-state index is -1.08. The Labute approximate surface area is 107 Å². The molecule has 0 aliphatic carbocycles. The summed E-state index contributed by atoms with van der Waals surface area (Å²) in [5.41, 5.74) is 0. The van der Waals surface area contributed by atoms with Crippen LogP contribution in [0.3, 0.4) is 0 Å². The fourth-order valence-electron chi connectivity index (χ4n) is 0. The maximum atomic E-state index is 8.35. The number of hydrogen-bond acceptors (Lipinski definition) is 8. The van der Waals surface area contributed by atoms with Gasteiger partial charge in [0.05, 0.1) is 34.7 Å². The fourth-order valence-corrected chi connectivity index (χ4v) is 0. The monoisotopic (exact) mass is 364 g/mol. The molecule has 8 nitrogen and oxygen atoms in total. The van der Waals surface area contributed by atoms with Crippen molar-refractivity contribution in [2.75, 3.05) is 0 Å². The molecule has 0 amide bonds. The molecule has 0 saturated heterocycles. The Kier molecular flexibility index (Phi) is 234. The first-order valence-corrected chi connectivity index (χ1v) is 4.38. The first-order chi connectivity index (χ1) is 5.66. The Morgan fingerprint density at radius 3 is 0.500 bits per heavy atom. The summed E-state index contributed by atoms with van der Waals surface area (Å²) < 4.78 is 33.4. The molecule has 0 atom stereocenters. The SMILES string of the molecule is O=P[O-].O=P[O-].O=P[O-].O=P[O-].[Fe+2].[Fe+2]. The average molecular weight is 364 g/mol. The number of hydrogen-bond donors (Lipinski definition) is 0. The zero-order chi connectivity index (χ0) is 10.8. The van der Waals surface area contributed by atoms with Crippen LogP contribution in [0.25, 0.3) is 0 Å². The van der Waals surface area contributed by atoms with E-state index in [1.807, 2.05) is 0 Å². The Balaban J connectivity index is -0.0000000145. The normalized spacial score (nSPS) is 6.00. The molecule has 84 valence electrons. The first-order valence-electron chi connectivity index (χ1n) is 1.46. The molecule has 0 aromatic rings. The van der Waals surface area contributed by atoms with Crippen molar-refractivity contribution in [2.45, 2.75) is 0 Å². The van der Waals surface area contributed by atoms with Gasteiger partial charge in [-0.15, -0.1) is 0 Å². The van der Waals surface area contributed by atoms with Gasteiger partial charge in [-0.2, -0.15) is 0 Å². The van der Waals surface area contributed by atoms with Gasteiger partial charge in [-0.05, 0) is 0 Å². The van der Waals surface area contributed by atoms with Crippen LogP contribution in [0.4, 0.5) is 0 Å². The summed E-state index contributed by atoms with van der Waals surface area (Å²) in [6.07, 6.45) is 0. The predicted octanol–water partition coefficient (Wildman–Crippen LogP) is -1.79. The van der Waals surface area contributed by atoms with Gasteiger partial charge in [0.15, 0.2) is 0 Å². The van der Waals surface area contributed by atoms with Crippen molar-refractivity contribution in [3.05, 3.63) is 0 Å². The molecule has 0 aliphatic rings. The molecule has 0 unspecified atom stereocenters. The molecule has 0 rings (SSSR count). The maximum absolute atomic E-state index is 8.35. The standard InChI is InChI=1S/2Fe.4HO2P/c;;4*1-3-2/h;;4*(H,1,2)/q2*+2;;;;/p-4. The molecule has 0 aromatic heterocycles. The molecule has 0 radical (unpaired) electrons. The zero-order valence-electron chi connectivity index (χ0n) is 5.76. The predicted molar refractivity (Wildman–Crippen MR) is 30.4 cm³/mol. The van der Waals surface area contributed by atoms with E-state index in [2.05, 4.69) is 0 Å². The molecule has 14 heteroatoms. The van der Waals surface area contributed by atoms with Crippen molar-refractivity contribution in [2.24, 2.45) is 0 Å². The Bertz CT molecular complexity index is 73.3. The fraction of sp³-hybridized carbons (Fsp3) is 0. The summed E-state index contributed by atoms with van der Waals surface area (Å²) in [5, 5.41) is 0. The van der Waals surface area contributed by atoms with Crippen LogP contribution in [-0.4, -0.2) is 0 Å². The largest absolute Gasteiger partial charge is 2.00 e. The van der Waals surface area contributed by atoms with Crippen molar-refractivity contribution in [1.29, 1.82) is 0 Å². The topological polar surface area (TPSA) is 161 Å². The summed E-state index contributed by atoms with van der Waals surface area (Å²) >= 11 is 0. The molecule has 0 aromatic carbocycles. The van der Waals surface area contributed by atoms with Crippen molar-refractivity contribution < 1.29 is 72.0 Å². The van der Waals surface area contributed by atoms with Crippen molar-refractivity contribution in [1.82, 2.24) is 0 Å². The van der Waals surface area contributed by atoms with E-state index in [0.717, 1.165) is 0 Å². The van der Waals surface area contributed by atoms with E-state index in [-0.39, 0.29) is 34.1 Å². The van der Waals surface area contributed by atoms with Gasteiger partial charge in [0.1, 0.15) is 0 Å². The second kappa shape index (κ2) is 90.3. The van der Waals surface area contributed by atoms with Gasteiger partial charge in [0, 0.05) is 0 Å². The summed E-state index contributed by atoms with van der Waals surface area (Å²) in [5.74, 6) is 0. The van der Waals surface area contributed by atoms with Crippen molar-refractivity contribution in [3.63, 3.8) is 0 Å².